The summed E-state index contributed by atoms with van der Waals surface area (Å²) < 4.78 is 15.2. The van der Waals surface area contributed by atoms with Gasteiger partial charge in [-0.15, -0.1) is 0 Å². The molecule has 2 aromatic rings. The van der Waals surface area contributed by atoms with E-state index < -0.39 is 5.82 Å². The second kappa shape index (κ2) is 5.39. The Hall–Kier alpha value is -1.56. The van der Waals surface area contributed by atoms with Crippen molar-refractivity contribution in [1.29, 1.82) is 0 Å². The van der Waals surface area contributed by atoms with Crippen molar-refractivity contribution in [2.75, 3.05) is 0 Å². The number of ketones is 1. The normalized spacial score (nSPS) is 10.6. The fourth-order valence-electron chi connectivity index (χ4n) is 1.65. The lowest BCUT2D eigenvalue weighted by atomic mass is 10.1. The van der Waals surface area contributed by atoms with E-state index in [9.17, 15) is 9.18 Å². The van der Waals surface area contributed by atoms with Crippen molar-refractivity contribution >= 4 is 21.7 Å². The first-order valence-corrected chi connectivity index (χ1v) is 6.26. The number of benzene rings is 1. The average molecular weight is 312 g/mol. The van der Waals surface area contributed by atoms with Crippen molar-refractivity contribution < 1.29 is 9.18 Å². The Labute approximate surface area is 112 Å². The minimum atomic E-state index is -0.446. The van der Waals surface area contributed by atoms with Gasteiger partial charge in [-0.05, 0) is 28.9 Å². The van der Waals surface area contributed by atoms with Crippen molar-refractivity contribution in [3.63, 3.8) is 0 Å². The average Bonchev–Trinajstić information content (AvgIpc) is 2.79. The van der Waals surface area contributed by atoms with E-state index >= 15 is 0 Å². The molecule has 0 saturated heterocycles. The molecule has 0 atom stereocenters. The molecule has 0 fully saturated rings. The van der Waals surface area contributed by atoms with Crippen molar-refractivity contribution in [3.8, 4) is 0 Å². The van der Waals surface area contributed by atoms with Gasteiger partial charge in [0.1, 0.15) is 18.0 Å². The number of halogens is 2. The Morgan fingerprint density at radius 3 is 3.00 bits per heavy atom. The molecule has 0 N–H and O–H groups in total. The summed E-state index contributed by atoms with van der Waals surface area (Å²) in [5.41, 5.74) is 0.320. The molecule has 0 saturated carbocycles. The van der Waals surface area contributed by atoms with Crippen LogP contribution in [0.5, 0.6) is 0 Å². The van der Waals surface area contributed by atoms with Gasteiger partial charge in [0.05, 0.1) is 10.9 Å². The third-order valence-corrected chi connectivity index (χ3v) is 3.37. The molecule has 1 heterocycles. The maximum absolute atomic E-state index is 13.3. The highest BCUT2D eigenvalue weighted by Gasteiger charge is 2.16. The van der Waals surface area contributed by atoms with E-state index in [-0.39, 0.29) is 16.7 Å². The Morgan fingerprint density at radius 1 is 1.50 bits per heavy atom. The van der Waals surface area contributed by atoms with Gasteiger partial charge in [0.15, 0.2) is 5.78 Å². The molecule has 0 radical (unpaired) electrons. The molecule has 6 heteroatoms. The number of nitrogens with zero attached hydrogens (tertiary/aromatic N) is 3. The van der Waals surface area contributed by atoms with Gasteiger partial charge in [0.25, 0.3) is 0 Å². The zero-order chi connectivity index (χ0) is 13.1. The van der Waals surface area contributed by atoms with Gasteiger partial charge in [-0.1, -0.05) is 12.1 Å². The number of Topliss-reactive ketones (excluding diaryl/α,β-unsaturated/α-hetero) is 1. The fourth-order valence-corrected chi connectivity index (χ4v) is 2.13. The summed E-state index contributed by atoms with van der Waals surface area (Å²) in [5, 5.41) is 3.99. The van der Waals surface area contributed by atoms with E-state index in [0.29, 0.717) is 17.9 Å². The van der Waals surface area contributed by atoms with Crippen LogP contribution in [0.3, 0.4) is 0 Å². The molecule has 2 rings (SSSR count). The fraction of sp³-hybridized carbons (Fsp3) is 0.250. The summed E-state index contributed by atoms with van der Waals surface area (Å²) in [4.78, 5) is 16.1. The molecule has 94 valence electrons. The predicted octanol–water partition coefficient (Wildman–Crippen LogP) is 2.63. The zero-order valence-corrected chi connectivity index (χ0v) is 11.3. The van der Waals surface area contributed by atoms with Gasteiger partial charge in [0.2, 0.25) is 0 Å². The summed E-state index contributed by atoms with van der Waals surface area (Å²) in [6.07, 6.45) is 1.52. The molecule has 0 amide bonds. The molecule has 0 unspecified atom stereocenters. The highest BCUT2D eigenvalue weighted by atomic mass is 79.9. The number of rotatable bonds is 4. The standard InChI is InChI=1S/C12H11BrFN3O/c1-2-17-11(15-7-16-17)6-10(18)8-4-3-5-9(14)12(8)13/h3-5,7H,2,6H2,1H3. The molecule has 1 aromatic heterocycles. The summed E-state index contributed by atoms with van der Waals surface area (Å²) in [5.74, 6) is -0.0551. The summed E-state index contributed by atoms with van der Waals surface area (Å²) in [6.45, 7) is 2.56. The van der Waals surface area contributed by atoms with Crippen molar-refractivity contribution in [3.05, 3.63) is 46.2 Å². The zero-order valence-electron chi connectivity index (χ0n) is 9.73. The lowest BCUT2D eigenvalue weighted by molar-refractivity contribution is 0.0988. The lowest BCUT2D eigenvalue weighted by Gasteiger charge is -2.05. The highest BCUT2D eigenvalue weighted by molar-refractivity contribution is 9.10. The van der Waals surface area contributed by atoms with E-state index in [1.807, 2.05) is 6.92 Å². The monoisotopic (exact) mass is 311 g/mol. The number of hydrogen-bond donors (Lipinski definition) is 0. The largest absolute Gasteiger partial charge is 0.294 e. The number of carbonyl (C=O) groups is 1. The van der Waals surface area contributed by atoms with Crippen LogP contribution in [-0.2, 0) is 13.0 Å². The van der Waals surface area contributed by atoms with Gasteiger partial charge in [-0.2, -0.15) is 5.10 Å². The quantitative estimate of drug-likeness (QED) is 0.816. The van der Waals surface area contributed by atoms with E-state index in [1.165, 1.54) is 18.5 Å². The maximum atomic E-state index is 13.3. The first kappa shape index (κ1) is 12.9. The van der Waals surface area contributed by atoms with E-state index in [4.69, 9.17) is 0 Å². The molecule has 0 bridgehead atoms. The first-order chi connectivity index (χ1) is 8.63. The van der Waals surface area contributed by atoms with Crippen molar-refractivity contribution in [1.82, 2.24) is 14.8 Å². The molecular formula is C12H11BrFN3O. The summed E-state index contributed by atoms with van der Waals surface area (Å²) >= 11 is 3.08. The Balaban J connectivity index is 2.25. The Bertz CT molecular complexity index is 582. The van der Waals surface area contributed by atoms with Gasteiger partial charge in [0, 0.05) is 12.1 Å². The summed E-state index contributed by atoms with van der Waals surface area (Å²) in [7, 11) is 0. The first-order valence-electron chi connectivity index (χ1n) is 5.47. The maximum Gasteiger partial charge on any atom is 0.171 e. The topological polar surface area (TPSA) is 47.8 Å². The number of aryl methyl sites for hydroxylation is 1. The second-order valence-corrected chi connectivity index (χ2v) is 4.49. The van der Waals surface area contributed by atoms with Crippen LogP contribution in [0.15, 0.2) is 29.0 Å². The third kappa shape index (κ3) is 2.48. The SMILES string of the molecule is CCn1ncnc1CC(=O)c1cccc(F)c1Br. The van der Waals surface area contributed by atoms with Crippen LogP contribution in [-0.4, -0.2) is 20.5 Å². The van der Waals surface area contributed by atoms with Gasteiger partial charge in [-0.3, -0.25) is 4.79 Å². The van der Waals surface area contributed by atoms with Crippen LogP contribution in [0.4, 0.5) is 4.39 Å². The molecule has 0 aliphatic rings. The number of carbonyl (C=O) groups excluding carboxylic acids is 1. The van der Waals surface area contributed by atoms with Crippen LogP contribution in [0.1, 0.15) is 23.1 Å². The van der Waals surface area contributed by atoms with Crippen molar-refractivity contribution in [2.45, 2.75) is 19.9 Å². The van der Waals surface area contributed by atoms with Crippen LogP contribution >= 0.6 is 15.9 Å². The Morgan fingerprint density at radius 2 is 2.28 bits per heavy atom. The van der Waals surface area contributed by atoms with E-state index in [2.05, 4.69) is 26.0 Å². The van der Waals surface area contributed by atoms with Crippen LogP contribution in [0.25, 0.3) is 0 Å². The molecule has 18 heavy (non-hydrogen) atoms. The highest BCUT2D eigenvalue weighted by Crippen LogP contribution is 2.21. The molecular weight excluding hydrogens is 301 g/mol. The minimum Gasteiger partial charge on any atom is -0.294 e. The second-order valence-electron chi connectivity index (χ2n) is 3.69. The third-order valence-electron chi connectivity index (χ3n) is 2.57. The minimum absolute atomic E-state index is 0.107. The molecule has 0 spiro atoms. The number of hydrogen-bond acceptors (Lipinski definition) is 3. The smallest absolute Gasteiger partial charge is 0.171 e. The van der Waals surface area contributed by atoms with Crippen LogP contribution < -0.4 is 0 Å². The van der Waals surface area contributed by atoms with Crippen molar-refractivity contribution in [2.24, 2.45) is 0 Å². The predicted molar refractivity (Wildman–Crippen MR) is 67.8 cm³/mol. The molecule has 1 aromatic carbocycles. The molecule has 4 nitrogen and oxygen atoms in total. The lowest BCUT2D eigenvalue weighted by Crippen LogP contribution is -2.11. The summed E-state index contributed by atoms with van der Waals surface area (Å²) in [6, 6.07) is 4.40. The van der Waals surface area contributed by atoms with E-state index in [1.54, 1.807) is 10.7 Å². The molecule has 0 aliphatic heterocycles. The number of aromatic nitrogens is 3. The van der Waals surface area contributed by atoms with Gasteiger partial charge >= 0.3 is 0 Å². The van der Waals surface area contributed by atoms with Gasteiger partial charge in [-0.25, -0.2) is 14.1 Å². The Kier molecular flexibility index (Phi) is 3.86. The van der Waals surface area contributed by atoms with Gasteiger partial charge < -0.3 is 0 Å². The molecule has 0 aliphatic carbocycles. The van der Waals surface area contributed by atoms with E-state index in [0.717, 1.165) is 0 Å². The van der Waals surface area contributed by atoms with Crippen LogP contribution in [0, 0.1) is 5.82 Å². The van der Waals surface area contributed by atoms with Crippen LogP contribution in [0.2, 0.25) is 0 Å².